The first-order valence-electron chi connectivity index (χ1n) is 6.16. The molecule has 0 saturated heterocycles. The summed E-state index contributed by atoms with van der Waals surface area (Å²) in [4.78, 5) is 19.3. The maximum absolute atomic E-state index is 11.1. The van der Waals surface area contributed by atoms with Crippen molar-refractivity contribution in [2.24, 2.45) is 0 Å². The third-order valence-electron chi connectivity index (χ3n) is 2.50. The van der Waals surface area contributed by atoms with Crippen LogP contribution in [0.25, 0.3) is 5.78 Å². The Kier molecular flexibility index (Phi) is 3.37. The highest BCUT2D eigenvalue weighted by Gasteiger charge is 2.16. The van der Waals surface area contributed by atoms with E-state index in [2.05, 4.69) is 20.4 Å². The van der Waals surface area contributed by atoms with E-state index in [1.54, 1.807) is 4.52 Å². The average Bonchev–Trinajstić information content (AvgIpc) is 2.72. The lowest BCUT2D eigenvalue weighted by molar-refractivity contribution is 0.0690. The largest absolute Gasteiger partial charge is 0.477 e. The van der Waals surface area contributed by atoms with Crippen LogP contribution < -0.4 is 5.32 Å². The van der Waals surface area contributed by atoms with Crippen molar-refractivity contribution >= 4 is 17.6 Å². The molecule has 2 heterocycles. The fourth-order valence-electron chi connectivity index (χ4n) is 1.64. The molecule has 0 aromatic carbocycles. The molecule has 2 aromatic rings. The van der Waals surface area contributed by atoms with E-state index in [1.807, 2.05) is 27.7 Å². The maximum Gasteiger partial charge on any atom is 0.354 e. The molecule has 19 heavy (non-hydrogen) atoms. The highest BCUT2D eigenvalue weighted by Crippen LogP contribution is 2.16. The quantitative estimate of drug-likeness (QED) is 0.873. The Morgan fingerprint density at radius 2 is 2.00 bits per heavy atom. The molecule has 2 aromatic heterocycles. The molecule has 0 aliphatic carbocycles. The van der Waals surface area contributed by atoms with Crippen molar-refractivity contribution in [3.63, 3.8) is 0 Å². The molecule has 2 N–H and O–H groups in total. The lowest BCUT2D eigenvalue weighted by Crippen LogP contribution is -2.15. The van der Waals surface area contributed by atoms with Crippen LogP contribution >= 0.6 is 0 Å². The Labute approximate surface area is 110 Å². The van der Waals surface area contributed by atoms with E-state index in [4.69, 9.17) is 5.11 Å². The Balaban J connectivity index is 2.63. The summed E-state index contributed by atoms with van der Waals surface area (Å²) in [5, 5.41) is 16.6. The standard InChI is InChI=1S/C12H17N5O2/c1-6(2)10-15-12-14-8(11(18)19)5-9(13-7(3)4)17(12)16-10/h5-7,13H,1-4H3,(H,18,19). The highest BCUT2D eigenvalue weighted by molar-refractivity contribution is 5.86. The third-order valence-corrected chi connectivity index (χ3v) is 2.50. The molecule has 0 radical (unpaired) electrons. The van der Waals surface area contributed by atoms with Crippen molar-refractivity contribution in [1.82, 2.24) is 19.6 Å². The molecule has 0 bridgehead atoms. The summed E-state index contributed by atoms with van der Waals surface area (Å²) in [5.41, 5.74) is -0.0432. The minimum atomic E-state index is -1.08. The smallest absolute Gasteiger partial charge is 0.354 e. The summed E-state index contributed by atoms with van der Waals surface area (Å²) in [5.74, 6) is 0.593. The zero-order valence-electron chi connectivity index (χ0n) is 11.4. The van der Waals surface area contributed by atoms with E-state index in [0.717, 1.165) is 0 Å². The molecular formula is C12H17N5O2. The lowest BCUT2D eigenvalue weighted by atomic mass is 10.2. The van der Waals surface area contributed by atoms with Crippen molar-refractivity contribution in [2.45, 2.75) is 39.7 Å². The molecule has 2 rings (SSSR count). The second-order valence-corrected chi connectivity index (χ2v) is 4.97. The minimum absolute atomic E-state index is 0.0432. The van der Waals surface area contributed by atoms with Gasteiger partial charge in [0.25, 0.3) is 5.78 Å². The van der Waals surface area contributed by atoms with Crippen molar-refractivity contribution in [3.8, 4) is 0 Å². The average molecular weight is 263 g/mol. The second-order valence-electron chi connectivity index (χ2n) is 4.97. The zero-order valence-corrected chi connectivity index (χ0v) is 11.4. The normalized spacial score (nSPS) is 11.5. The van der Waals surface area contributed by atoms with Crippen LogP contribution in [0.15, 0.2) is 6.07 Å². The van der Waals surface area contributed by atoms with Gasteiger partial charge in [0.05, 0.1) is 0 Å². The number of carbonyl (C=O) groups is 1. The molecule has 0 spiro atoms. The van der Waals surface area contributed by atoms with Gasteiger partial charge in [0.2, 0.25) is 0 Å². The number of nitrogens with one attached hydrogen (secondary N) is 1. The third kappa shape index (κ3) is 2.64. The maximum atomic E-state index is 11.1. The van der Waals surface area contributed by atoms with Gasteiger partial charge in [-0.2, -0.15) is 9.50 Å². The molecule has 0 saturated carbocycles. The minimum Gasteiger partial charge on any atom is -0.477 e. The van der Waals surface area contributed by atoms with Gasteiger partial charge in [-0.3, -0.25) is 0 Å². The van der Waals surface area contributed by atoms with Gasteiger partial charge in [0.15, 0.2) is 11.5 Å². The molecule has 0 unspecified atom stereocenters. The second kappa shape index (κ2) is 4.83. The first kappa shape index (κ1) is 13.3. The number of rotatable bonds is 4. The van der Waals surface area contributed by atoms with Gasteiger partial charge in [0, 0.05) is 18.0 Å². The van der Waals surface area contributed by atoms with Crippen LogP contribution in [0.5, 0.6) is 0 Å². The zero-order chi connectivity index (χ0) is 14.2. The van der Waals surface area contributed by atoms with Gasteiger partial charge < -0.3 is 10.4 Å². The van der Waals surface area contributed by atoms with Gasteiger partial charge in [-0.05, 0) is 13.8 Å². The summed E-state index contributed by atoms with van der Waals surface area (Å²) in [6.45, 7) is 7.88. The molecule has 0 fully saturated rings. The van der Waals surface area contributed by atoms with E-state index >= 15 is 0 Å². The van der Waals surface area contributed by atoms with Crippen LogP contribution in [0, 0.1) is 0 Å². The number of carboxylic acid groups (broad SMARTS) is 1. The van der Waals surface area contributed by atoms with E-state index < -0.39 is 5.97 Å². The summed E-state index contributed by atoms with van der Waals surface area (Å²) >= 11 is 0. The summed E-state index contributed by atoms with van der Waals surface area (Å²) in [6, 6.07) is 1.62. The van der Waals surface area contributed by atoms with Crippen LogP contribution in [-0.2, 0) is 0 Å². The summed E-state index contributed by atoms with van der Waals surface area (Å²) in [6.07, 6.45) is 0. The first-order chi connectivity index (χ1) is 8.88. The van der Waals surface area contributed by atoms with Crippen molar-refractivity contribution < 1.29 is 9.90 Å². The summed E-state index contributed by atoms with van der Waals surface area (Å²) in [7, 11) is 0. The number of hydrogen-bond acceptors (Lipinski definition) is 5. The predicted octanol–water partition coefficient (Wildman–Crippen LogP) is 1.77. The molecule has 102 valence electrons. The number of hydrogen-bond donors (Lipinski definition) is 2. The molecule has 0 amide bonds. The number of anilines is 1. The van der Waals surface area contributed by atoms with Crippen molar-refractivity contribution in [2.75, 3.05) is 5.32 Å². The molecule has 7 heteroatoms. The van der Waals surface area contributed by atoms with Crippen LogP contribution in [0.3, 0.4) is 0 Å². The van der Waals surface area contributed by atoms with Crippen LogP contribution in [0.1, 0.15) is 49.9 Å². The molecule has 7 nitrogen and oxygen atoms in total. The van der Waals surface area contributed by atoms with Gasteiger partial charge in [-0.1, -0.05) is 13.8 Å². The number of nitrogens with zero attached hydrogens (tertiary/aromatic N) is 4. The van der Waals surface area contributed by atoms with Crippen molar-refractivity contribution in [1.29, 1.82) is 0 Å². The Bertz CT molecular complexity index is 618. The van der Waals surface area contributed by atoms with Gasteiger partial charge in [-0.15, -0.1) is 5.10 Å². The van der Waals surface area contributed by atoms with Crippen LogP contribution in [0.2, 0.25) is 0 Å². The molecular weight excluding hydrogens is 246 g/mol. The van der Waals surface area contributed by atoms with E-state index in [1.165, 1.54) is 6.07 Å². The highest BCUT2D eigenvalue weighted by atomic mass is 16.4. The van der Waals surface area contributed by atoms with Gasteiger partial charge in [-0.25, -0.2) is 9.78 Å². The fraction of sp³-hybridized carbons (Fsp3) is 0.500. The van der Waals surface area contributed by atoms with Gasteiger partial charge >= 0.3 is 5.97 Å². The van der Waals surface area contributed by atoms with Crippen molar-refractivity contribution in [3.05, 3.63) is 17.6 Å². The Morgan fingerprint density at radius 3 is 2.53 bits per heavy atom. The predicted molar refractivity (Wildman–Crippen MR) is 70.6 cm³/mol. The number of carboxylic acids is 1. The lowest BCUT2D eigenvalue weighted by Gasteiger charge is -2.11. The monoisotopic (exact) mass is 263 g/mol. The number of fused-ring (bicyclic) bond motifs is 1. The number of aromatic nitrogens is 4. The van der Waals surface area contributed by atoms with Gasteiger partial charge in [0.1, 0.15) is 5.82 Å². The molecule has 0 atom stereocenters. The Hall–Kier alpha value is -2.18. The summed E-state index contributed by atoms with van der Waals surface area (Å²) < 4.78 is 1.54. The first-order valence-corrected chi connectivity index (χ1v) is 6.16. The van der Waals surface area contributed by atoms with E-state index in [-0.39, 0.29) is 17.7 Å². The Morgan fingerprint density at radius 1 is 1.32 bits per heavy atom. The molecule has 0 aliphatic rings. The topological polar surface area (TPSA) is 92.4 Å². The van der Waals surface area contributed by atoms with Crippen LogP contribution in [-0.4, -0.2) is 36.7 Å². The van der Waals surface area contributed by atoms with E-state index in [9.17, 15) is 4.79 Å². The fourth-order valence-corrected chi connectivity index (χ4v) is 1.64. The van der Waals surface area contributed by atoms with E-state index in [0.29, 0.717) is 17.4 Å². The molecule has 0 aliphatic heterocycles. The van der Waals surface area contributed by atoms with Crippen LogP contribution in [0.4, 0.5) is 5.82 Å². The SMILES string of the molecule is CC(C)Nc1cc(C(=O)O)nc2nc(C(C)C)nn12. The number of aromatic carboxylic acids is 1.